The van der Waals surface area contributed by atoms with Crippen molar-refractivity contribution < 1.29 is 22.3 Å². The molecular formula is C28H28F4O. The lowest BCUT2D eigenvalue weighted by Crippen LogP contribution is -2.17. The van der Waals surface area contributed by atoms with Gasteiger partial charge in [-0.3, -0.25) is 0 Å². The van der Waals surface area contributed by atoms with E-state index in [0.29, 0.717) is 17.0 Å². The molecule has 0 fully saturated rings. The Morgan fingerprint density at radius 1 is 0.909 bits per heavy atom. The molecule has 0 amide bonds. The third-order valence-corrected chi connectivity index (χ3v) is 6.44. The maximum absolute atomic E-state index is 15.0. The van der Waals surface area contributed by atoms with Crippen LogP contribution in [0, 0.1) is 5.82 Å². The largest absolute Gasteiger partial charge is 0.573 e. The number of hydrogen-bond donors (Lipinski definition) is 0. The average Bonchev–Trinajstić information content (AvgIpc) is 2.78. The molecule has 3 aromatic rings. The lowest BCUT2D eigenvalue weighted by atomic mass is 9.79. The topological polar surface area (TPSA) is 9.23 Å². The van der Waals surface area contributed by atoms with Crippen molar-refractivity contribution in [2.45, 2.75) is 64.1 Å². The summed E-state index contributed by atoms with van der Waals surface area (Å²) in [6, 6.07) is 17.6. The highest BCUT2D eigenvalue weighted by Gasteiger charge is 2.31. The molecule has 33 heavy (non-hydrogen) atoms. The second kappa shape index (κ2) is 9.98. The smallest absolute Gasteiger partial charge is 0.406 e. The van der Waals surface area contributed by atoms with E-state index in [-0.39, 0.29) is 11.6 Å². The van der Waals surface area contributed by atoms with Gasteiger partial charge < -0.3 is 4.74 Å². The Hall–Kier alpha value is -2.82. The normalized spacial score (nSPS) is 15.8. The van der Waals surface area contributed by atoms with Gasteiger partial charge in [0.25, 0.3) is 0 Å². The third-order valence-electron chi connectivity index (χ3n) is 6.44. The highest BCUT2D eigenvalue weighted by molar-refractivity contribution is 5.67. The van der Waals surface area contributed by atoms with E-state index in [0.717, 1.165) is 36.8 Å². The Kier molecular flexibility index (Phi) is 7.06. The van der Waals surface area contributed by atoms with Crippen LogP contribution in [0.15, 0.2) is 60.7 Å². The van der Waals surface area contributed by atoms with Gasteiger partial charge in [-0.2, -0.15) is 0 Å². The minimum absolute atomic E-state index is 0.316. The number of benzene rings is 3. The van der Waals surface area contributed by atoms with Crippen molar-refractivity contribution in [3.8, 4) is 16.9 Å². The molecule has 1 nitrogen and oxygen atoms in total. The number of unbranched alkanes of at least 4 members (excludes halogenated alkanes) is 2. The molecule has 5 heteroatoms. The van der Waals surface area contributed by atoms with Crippen LogP contribution in [0.2, 0.25) is 0 Å². The molecular weight excluding hydrogens is 428 g/mol. The van der Waals surface area contributed by atoms with Crippen molar-refractivity contribution in [3.63, 3.8) is 0 Å². The fraction of sp³-hybridized carbons (Fsp3) is 0.357. The van der Waals surface area contributed by atoms with E-state index < -0.39 is 6.36 Å². The number of fused-ring (bicyclic) bond motifs is 1. The molecule has 0 N–H and O–H groups in total. The summed E-state index contributed by atoms with van der Waals surface area (Å²) in [7, 11) is 0. The summed E-state index contributed by atoms with van der Waals surface area (Å²) < 4.78 is 56.0. The summed E-state index contributed by atoms with van der Waals surface area (Å²) in [4.78, 5) is 0. The molecule has 0 bridgehead atoms. The Morgan fingerprint density at radius 3 is 2.30 bits per heavy atom. The Morgan fingerprint density at radius 2 is 1.64 bits per heavy atom. The third kappa shape index (κ3) is 5.95. The zero-order valence-corrected chi connectivity index (χ0v) is 18.7. The molecule has 3 aromatic carbocycles. The highest BCUT2D eigenvalue weighted by Crippen LogP contribution is 2.37. The second-order valence-electron chi connectivity index (χ2n) is 8.81. The molecule has 1 unspecified atom stereocenters. The van der Waals surface area contributed by atoms with Crippen molar-refractivity contribution in [1.29, 1.82) is 0 Å². The van der Waals surface area contributed by atoms with Crippen molar-refractivity contribution in [1.82, 2.24) is 0 Å². The number of alkyl halides is 3. The van der Waals surface area contributed by atoms with Crippen LogP contribution in [-0.2, 0) is 19.3 Å². The van der Waals surface area contributed by atoms with Crippen molar-refractivity contribution in [2.75, 3.05) is 0 Å². The van der Waals surface area contributed by atoms with Crippen molar-refractivity contribution >= 4 is 0 Å². The zero-order valence-electron chi connectivity index (χ0n) is 18.7. The molecule has 0 radical (unpaired) electrons. The minimum atomic E-state index is -4.75. The van der Waals surface area contributed by atoms with Gasteiger partial charge in [-0.15, -0.1) is 13.2 Å². The van der Waals surface area contributed by atoms with Crippen LogP contribution in [0.25, 0.3) is 11.1 Å². The van der Waals surface area contributed by atoms with E-state index >= 15 is 0 Å². The first-order valence-electron chi connectivity index (χ1n) is 11.6. The molecule has 0 aliphatic heterocycles. The molecule has 0 heterocycles. The van der Waals surface area contributed by atoms with Gasteiger partial charge in [-0.05, 0) is 90.1 Å². The number of rotatable bonds is 7. The van der Waals surface area contributed by atoms with Crippen molar-refractivity contribution in [2.24, 2.45) is 0 Å². The number of ether oxygens (including phenoxy) is 1. The Bertz CT molecular complexity index is 1070. The maximum Gasteiger partial charge on any atom is 0.573 e. The van der Waals surface area contributed by atoms with Crippen LogP contribution < -0.4 is 4.74 Å². The van der Waals surface area contributed by atoms with E-state index in [4.69, 9.17) is 0 Å². The molecule has 0 saturated heterocycles. The predicted molar refractivity (Wildman–Crippen MR) is 123 cm³/mol. The van der Waals surface area contributed by atoms with Crippen molar-refractivity contribution in [3.05, 3.63) is 88.7 Å². The lowest BCUT2D eigenvalue weighted by Gasteiger charge is -2.26. The van der Waals surface area contributed by atoms with Gasteiger partial charge in [0.1, 0.15) is 11.6 Å². The van der Waals surface area contributed by atoms with Crippen LogP contribution in [0.3, 0.4) is 0 Å². The predicted octanol–water partition coefficient (Wildman–Crippen LogP) is 8.40. The summed E-state index contributed by atoms with van der Waals surface area (Å²) in [6.45, 7) is 2.21. The van der Waals surface area contributed by atoms with Gasteiger partial charge in [0.05, 0.1) is 0 Å². The summed E-state index contributed by atoms with van der Waals surface area (Å²) in [6.07, 6.45) is 2.68. The lowest BCUT2D eigenvalue weighted by molar-refractivity contribution is -0.274. The molecule has 1 atom stereocenters. The van der Waals surface area contributed by atoms with Gasteiger partial charge in [0.2, 0.25) is 0 Å². The van der Waals surface area contributed by atoms with E-state index in [2.05, 4.69) is 35.9 Å². The number of hydrogen-bond acceptors (Lipinski definition) is 1. The number of halogens is 4. The van der Waals surface area contributed by atoms with Gasteiger partial charge >= 0.3 is 6.36 Å². The van der Waals surface area contributed by atoms with Gasteiger partial charge in [0, 0.05) is 5.56 Å². The molecule has 0 spiro atoms. The SMILES string of the molecule is CCCCCc1ccc(C2CCc3cc(-c4ccc(OC(F)(F)F)cc4)c(F)cc3C2)cc1. The van der Waals surface area contributed by atoms with E-state index in [1.165, 1.54) is 54.7 Å². The molecule has 0 saturated carbocycles. The van der Waals surface area contributed by atoms with Crippen LogP contribution >= 0.6 is 0 Å². The van der Waals surface area contributed by atoms with Gasteiger partial charge in [-0.1, -0.05) is 56.2 Å². The molecule has 1 aliphatic rings. The minimum Gasteiger partial charge on any atom is -0.406 e. The molecule has 0 aromatic heterocycles. The summed E-state index contributed by atoms with van der Waals surface area (Å²) in [5.41, 5.74) is 5.72. The Labute approximate surface area is 192 Å². The van der Waals surface area contributed by atoms with Crippen LogP contribution in [-0.4, -0.2) is 6.36 Å². The van der Waals surface area contributed by atoms with E-state index in [9.17, 15) is 17.6 Å². The first-order valence-corrected chi connectivity index (χ1v) is 11.6. The first-order chi connectivity index (χ1) is 15.8. The highest BCUT2D eigenvalue weighted by atomic mass is 19.4. The summed E-state index contributed by atoms with van der Waals surface area (Å²) >= 11 is 0. The first kappa shape index (κ1) is 23.3. The molecule has 1 aliphatic carbocycles. The standard InChI is InChI=1S/C28H28F4O/c1-2-3-4-5-19-6-8-20(9-7-19)22-10-11-23-17-26(27(29)18-24(23)16-22)21-12-14-25(15-13-21)33-28(30,31)32/h6-9,12-15,17-18,22H,2-5,10-11,16H2,1H3. The Balaban J connectivity index is 1.47. The average molecular weight is 457 g/mol. The second-order valence-corrected chi connectivity index (χ2v) is 8.81. The van der Waals surface area contributed by atoms with E-state index in [1.807, 2.05) is 6.07 Å². The quantitative estimate of drug-likeness (QED) is 0.256. The molecule has 4 rings (SSSR count). The zero-order chi connectivity index (χ0) is 23.4. The van der Waals surface area contributed by atoms with E-state index in [1.54, 1.807) is 6.07 Å². The van der Waals surface area contributed by atoms with Gasteiger partial charge in [0.15, 0.2) is 0 Å². The fourth-order valence-electron chi connectivity index (χ4n) is 4.66. The summed E-state index contributed by atoms with van der Waals surface area (Å²) in [5, 5.41) is 0. The number of aryl methyl sites for hydroxylation is 2. The molecule has 174 valence electrons. The summed E-state index contributed by atoms with van der Waals surface area (Å²) in [5.74, 6) is -0.305. The van der Waals surface area contributed by atoms with Crippen LogP contribution in [0.5, 0.6) is 5.75 Å². The monoisotopic (exact) mass is 456 g/mol. The maximum atomic E-state index is 15.0. The van der Waals surface area contributed by atoms with Crippen LogP contribution in [0.4, 0.5) is 17.6 Å². The van der Waals surface area contributed by atoms with Crippen LogP contribution in [0.1, 0.15) is 60.8 Å². The fourth-order valence-corrected chi connectivity index (χ4v) is 4.66. The van der Waals surface area contributed by atoms with Gasteiger partial charge in [-0.25, -0.2) is 4.39 Å².